The van der Waals surface area contributed by atoms with Gasteiger partial charge in [0.2, 0.25) is 0 Å². The molecule has 1 atom stereocenters. The van der Waals surface area contributed by atoms with E-state index in [-0.39, 0.29) is 0 Å². The van der Waals surface area contributed by atoms with Crippen molar-refractivity contribution in [3.8, 4) is 5.75 Å². The Morgan fingerprint density at radius 2 is 1.80 bits per heavy atom. The molecule has 0 radical (unpaired) electrons. The molecule has 104 valence electrons. The first-order valence-electron chi connectivity index (χ1n) is 7.10. The summed E-state index contributed by atoms with van der Waals surface area (Å²) in [6.45, 7) is 6.48. The summed E-state index contributed by atoms with van der Waals surface area (Å²) in [4.78, 5) is 0. The summed E-state index contributed by atoms with van der Waals surface area (Å²) < 4.78 is 5.53. The summed E-state index contributed by atoms with van der Waals surface area (Å²) in [7, 11) is 1.74. The van der Waals surface area contributed by atoms with E-state index in [1.807, 2.05) is 0 Å². The van der Waals surface area contributed by atoms with E-state index >= 15 is 0 Å². The van der Waals surface area contributed by atoms with E-state index in [4.69, 9.17) is 4.74 Å². The molecule has 1 N–H and O–H groups in total. The second kappa shape index (κ2) is 4.86. The van der Waals surface area contributed by atoms with Gasteiger partial charge in [0.15, 0.2) is 0 Å². The van der Waals surface area contributed by atoms with E-state index in [1.165, 1.54) is 33.5 Å². The minimum atomic E-state index is 0.305. The van der Waals surface area contributed by atoms with Crippen molar-refractivity contribution in [1.29, 1.82) is 0 Å². The van der Waals surface area contributed by atoms with Gasteiger partial charge < -0.3 is 10.1 Å². The van der Waals surface area contributed by atoms with Gasteiger partial charge in [0.05, 0.1) is 13.2 Å². The van der Waals surface area contributed by atoms with Crippen LogP contribution in [-0.2, 0) is 6.42 Å². The second-order valence-electron chi connectivity index (χ2n) is 5.70. The number of aryl methyl sites for hydroxylation is 3. The molecular formula is C18H21NO. The maximum atomic E-state index is 5.53. The van der Waals surface area contributed by atoms with Crippen molar-refractivity contribution in [2.45, 2.75) is 33.2 Å². The fourth-order valence-electron chi connectivity index (χ4n) is 3.08. The van der Waals surface area contributed by atoms with Crippen LogP contribution in [0.4, 0.5) is 5.69 Å². The fraction of sp³-hybridized carbons (Fsp3) is 0.333. The number of benzene rings is 2. The molecule has 0 saturated heterocycles. The van der Waals surface area contributed by atoms with Gasteiger partial charge in [-0.05, 0) is 49.9 Å². The highest BCUT2D eigenvalue weighted by atomic mass is 16.5. The summed E-state index contributed by atoms with van der Waals surface area (Å²) in [5.41, 5.74) is 7.96. The highest BCUT2D eigenvalue weighted by Gasteiger charge is 2.26. The van der Waals surface area contributed by atoms with Gasteiger partial charge in [0.1, 0.15) is 5.75 Å². The van der Waals surface area contributed by atoms with E-state index in [9.17, 15) is 0 Å². The molecule has 1 aliphatic heterocycles. The molecule has 2 heteroatoms. The predicted molar refractivity (Wildman–Crippen MR) is 83.7 cm³/mol. The van der Waals surface area contributed by atoms with Gasteiger partial charge in [-0.15, -0.1) is 0 Å². The molecule has 3 rings (SSSR count). The SMILES string of the molecule is COc1ccc(C)cc1C1Cc2c(C)ccc(C)c2N1. The fourth-order valence-corrected chi connectivity index (χ4v) is 3.08. The standard InChI is InChI=1S/C18H21NO/c1-11-5-8-17(20-4)15(9-11)16-10-14-12(2)6-7-13(3)18(14)19-16/h5-9,16,19H,10H2,1-4H3. The smallest absolute Gasteiger partial charge is 0.124 e. The Bertz CT molecular complexity index is 630. The normalized spacial score (nSPS) is 16.7. The van der Waals surface area contributed by atoms with Crippen molar-refractivity contribution in [2.24, 2.45) is 0 Å². The lowest BCUT2D eigenvalue weighted by atomic mass is 9.97. The highest BCUT2D eigenvalue weighted by Crippen LogP contribution is 2.40. The topological polar surface area (TPSA) is 21.3 Å². The molecule has 0 aromatic heterocycles. The van der Waals surface area contributed by atoms with Crippen LogP contribution in [0.25, 0.3) is 0 Å². The minimum absolute atomic E-state index is 0.305. The van der Waals surface area contributed by atoms with Gasteiger partial charge in [0, 0.05) is 11.3 Å². The van der Waals surface area contributed by atoms with E-state index in [0.717, 1.165) is 12.2 Å². The van der Waals surface area contributed by atoms with E-state index in [2.05, 4.69) is 56.4 Å². The molecule has 0 saturated carbocycles. The van der Waals surface area contributed by atoms with E-state index in [1.54, 1.807) is 7.11 Å². The predicted octanol–water partition coefficient (Wildman–Crippen LogP) is 4.33. The Morgan fingerprint density at radius 3 is 2.50 bits per heavy atom. The number of ether oxygens (including phenoxy) is 1. The van der Waals surface area contributed by atoms with Crippen molar-refractivity contribution in [2.75, 3.05) is 12.4 Å². The molecule has 0 spiro atoms. The molecule has 0 aliphatic carbocycles. The van der Waals surface area contributed by atoms with Gasteiger partial charge in [-0.3, -0.25) is 0 Å². The van der Waals surface area contributed by atoms with Crippen molar-refractivity contribution < 1.29 is 4.74 Å². The van der Waals surface area contributed by atoms with Crippen LogP contribution in [0.3, 0.4) is 0 Å². The molecule has 2 aromatic rings. The quantitative estimate of drug-likeness (QED) is 0.874. The molecule has 1 heterocycles. The van der Waals surface area contributed by atoms with E-state index in [0.29, 0.717) is 6.04 Å². The first-order chi connectivity index (χ1) is 9.60. The second-order valence-corrected chi connectivity index (χ2v) is 5.70. The number of hydrogen-bond acceptors (Lipinski definition) is 2. The first-order valence-corrected chi connectivity index (χ1v) is 7.10. The summed E-state index contributed by atoms with van der Waals surface area (Å²) in [6.07, 6.45) is 1.03. The first kappa shape index (κ1) is 13.0. The van der Waals surface area contributed by atoms with Crippen molar-refractivity contribution in [1.82, 2.24) is 0 Å². The largest absolute Gasteiger partial charge is 0.496 e. The number of fused-ring (bicyclic) bond motifs is 1. The third kappa shape index (κ3) is 2.05. The average molecular weight is 267 g/mol. The van der Waals surface area contributed by atoms with Crippen LogP contribution >= 0.6 is 0 Å². The third-order valence-corrected chi connectivity index (χ3v) is 4.24. The monoisotopic (exact) mass is 267 g/mol. The maximum Gasteiger partial charge on any atom is 0.124 e. The molecule has 1 aliphatic rings. The lowest BCUT2D eigenvalue weighted by Crippen LogP contribution is -2.08. The van der Waals surface area contributed by atoms with Gasteiger partial charge in [0.25, 0.3) is 0 Å². The van der Waals surface area contributed by atoms with Gasteiger partial charge in [-0.2, -0.15) is 0 Å². The van der Waals surface area contributed by atoms with Crippen LogP contribution in [0, 0.1) is 20.8 Å². The van der Waals surface area contributed by atoms with Crippen molar-refractivity contribution >= 4 is 5.69 Å². The van der Waals surface area contributed by atoms with Crippen LogP contribution in [0.2, 0.25) is 0 Å². The summed E-state index contributed by atoms with van der Waals surface area (Å²) in [5, 5.41) is 3.68. The van der Waals surface area contributed by atoms with Gasteiger partial charge >= 0.3 is 0 Å². The van der Waals surface area contributed by atoms with Crippen LogP contribution in [0.5, 0.6) is 5.75 Å². The van der Waals surface area contributed by atoms with Crippen LogP contribution in [0.15, 0.2) is 30.3 Å². The third-order valence-electron chi connectivity index (χ3n) is 4.24. The highest BCUT2D eigenvalue weighted by molar-refractivity contribution is 5.66. The van der Waals surface area contributed by atoms with Crippen LogP contribution in [-0.4, -0.2) is 7.11 Å². The molecule has 0 bridgehead atoms. The summed E-state index contributed by atoms with van der Waals surface area (Å²) in [6, 6.07) is 11.1. The lowest BCUT2D eigenvalue weighted by molar-refractivity contribution is 0.407. The lowest BCUT2D eigenvalue weighted by Gasteiger charge is -2.16. The Kier molecular flexibility index (Phi) is 3.17. The Hall–Kier alpha value is -1.96. The molecule has 2 nitrogen and oxygen atoms in total. The number of nitrogens with one attached hydrogen (secondary N) is 1. The Balaban J connectivity index is 2.02. The molecule has 0 fully saturated rings. The minimum Gasteiger partial charge on any atom is -0.496 e. The van der Waals surface area contributed by atoms with Gasteiger partial charge in [-0.25, -0.2) is 0 Å². The number of anilines is 1. The van der Waals surface area contributed by atoms with Gasteiger partial charge in [-0.1, -0.05) is 29.8 Å². The average Bonchev–Trinajstić information content (AvgIpc) is 2.89. The number of methoxy groups -OCH3 is 1. The summed E-state index contributed by atoms with van der Waals surface area (Å²) >= 11 is 0. The van der Waals surface area contributed by atoms with Crippen molar-refractivity contribution in [3.05, 3.63) is 58.1 Å². The zero-order chi connectivity index (χ0) is 14.3. The maximum absolute atomic E-state index is 5.53. The van der Waals surface area contributed by atoms with Crippen LogP contribution in [0.1, 0.15) is 33.9 Å². The van der Waals surface area contributed by atoms with Crippen molar-refractivity contribution in [3.63, 3.8) is 0 Å². The Morgan fingerprint density at radius 1 is 1.05 bits per heavy atom. The van der Waals surface area contributed by atoms with E-state index < -0.39 is 0 Å². The molecule has 1 unspecified atom stereocenters. The molecular weight excluding hydrogens is 246 g/mol. The zero-order valence-electron chi connectivity index (χ0n) is 12.6. The number of rotatable bonds is 2. The number of hydrogen-bond donors (Lipinski definition) is 1. The zero-order valence-corrected chi connectivity index (χ0v) is 12.6. The summed E-state index contributed by atoms with van der Waals surface area (Å²) in [5.74, 6) is 0.969. The van der Waals surface area contributed by atoms with Crippen LogP contribution < -0.4 is 10.1 Å². The Labute approximate surface area is 120 Å². The molecule has 2 aromatic carbocycles. The molecule has 20 heavy (non-hydrogen) atoms. The molecule has 0 amide bonds.